The van der Waals surface area contributed by atoms with Gasteiger partial charge in [0.05, 0.1) is 16.1 Å². The van der Waals surface area contributed by atoms with Gasteiger partial charge in [-0.3, -0.25) is 9.36 Å². The fraction of sp³-hybridized carbons (Fsp3) is 0. The zero-order valence-corrected chi connectivity index (χ0v) is 12.3. The van der Waals surface area contributed by atoms with E-state index in [0.29, 0.717) is 5.02 Å². The smallest absolute Gasteiger partial charge is 0.274 e. The first-order valence-corrected chi connectivity index (χ1v) is 7.28. The van der Waals surface area contributed by atoms with Gasteiger partial charge in [0.1, 0.15) is 5.69 Å². The number of para-hydroxylation sites is 2. The van der Waals surface area contributed by atoms with Crippen molar-refractivity contribution in [2.75, 3.05) is 0 Å². The lowest BCUT2D eigenvalue weighted by molar-refractivity contribution is 0.0965. The summed E-state index contributed by atoms with van der Waals surface area (Å²) in [5.41, 5.74) is 1.97. The van der Waals surface area contributed by atoms with Gasteiger partial charge in [0, 0.05) is 17.0 Å². The van der Waals surface area contributed by atoms with Gasteiger partial charge >= 0.3 is 0 Å². The molecule has 0 fully saturated rings. The maximum atomic E-state index is 13.0. The molecule has 2 aromatic carbocycles. The number of hydrogen-bond donors (Lipinski definition) is 0. The van der Waals surface area contributed by atoms with Crippen molar-refractivity contribution in [2.45, 2.75) is 0 Å². The van der Waals surface area contributed by atoms with Crippen molar-refractivity contribution >= 4 is 39.3 Å². The van der Waals surface area contributed by atoms with E-state index in [2.05, 4.69) is 4.98 Å². The van der Waals surface area contributed by atoms with E-state index in [0.717, 1.165) is 21.8 Å². The Balaban J connectivity index is 2.09. The number of hydrogen-bond acceptors (Lipinski definition) is 2. The zero-order chi connectivity index (χ0) is 15.1. The molecule has 0 bridgehead atoms. The van der Waals surface area contributed by atoms with Gasteiger partial charge in [-0.05, 0) is 24.3 Å². The number of carbonyl (C=O) groups is 1. The third kappa shape index (κ3) is 1.83. The lowest BCUT2D eigenvalue weighted by Crippen LogP contribution is -2.13. The molecular formula is C18H11ClN2O. The first-order chi connectivity index (χ1) is 10.8. The molecule has 0 saturated carbocycles. The predicted octanol–water partition coefficient (Wildman–Crippen LogP) is 4.53. The number of rotatable bonds is 1. The second kappa shape index (κ2) is 4.97. The van der Waals surface area contributed by atoms with Crippen LogP contribution in [-0.2, 0) is 0 Å². The molecule has 0 aliphatic rings. The van der Waals surface area contributed by atoms with E-state index in [-0.39, 0.29) is 11.6 Å². The number of carbonyl (C=O) groups excluding carboxylic acids is 1. The summed E-state index contributed by atoms with van der Waals surface area (Å²) in [4.78, 5) is 17.1. The van der Waals surface area contributed by atoms with Gasteiger partial charge in [-0.2, -0.15) is 0 Å². The van der Waals surface area contributed by atoms with Gasteiger partial charge in [-0.15, -0.1) is 0 Å². The number of benzene rings is 2. The average molecular weight is 307 g/mol. The first kappa shape index (κ1) is 13.0. The Labute approximate surface area is 131 Å². The van der Waals surface area contributed by atoms with Crippen molar-refractivity contribution in [3.63, 3.8) is 0 Å². The highest BCUT2D eigenvalue weighted by Crippen LogP contribution is 2.29. The molecule has 0 atom stereocenters. The van der Waals surface area contributed by atoms with Crippen LogP contribution in [0, 0.1) is 0 Å². The molecule has 0 amide bonds. The molecule has 0 saturated heterocycles. The van der Waals surface area contributed by atoms with Crippen molar-refractivity contribution in [1.82, 2.24) is 9.55 Å². The summed E-state index contributed by atoms with van der Waals surface area (Å²) >= 11 is 6.14. The van der Waals surface area contributed by atoms with Gasteiger partial charge in [0.15, 0.2) is 0 Å². The fourth-order valence-electron chi connectivity index (χ4n) is 2.79. The van der Waals surface area contributed by atoms with Gasteiger partial charge in [-0.25, -0.2) is 4.98 Å². The Bertz CT molecular complexity index is 967. The SMILES string of the molecule is O=C(c1ncccc1Cl)n1c2ccccc2c2ccccc21. The van der Waals surface area contributed by atoms with Crippen LogP contribution in [0.5, 0.6) is 0 Å². The Kier molecular flexibility index (Phi) is 2.94. The Morgan fingerprint density at radius 3 is 2.05 bits per heavy atom. The fourth-order valence-corrected chi connectivity index (χ4v) is 2.99. The monoisotopic (exact) mass is 306 g/mol. The highest BCUT2D eigenvalue weighted by molar-refractivity contribution is 6.34. The molecule has 106 valence electrons. The van der Waals surface area contributed by atoms with Crippen LogP contribution >= 0.6 is 11.6 Å². The van der Waals surface area contributed by atoms with Crippen molar-refractivity contribution in [3.05, 3.63) is 77.6 Å². The number of fused-ring (bicyclic) bond motifs is 3. The van der Waals surface area contributed by atoms with Gasteiger partial charge in [0.25, 0.3) is 5.91 Å². The van der Waals surface area contributed by atoms with E-state index in [1.165, 1.54) is 0 Å². The lowest BCUT2D eigenvalue weighted by Gasteiger charge is -2.06. The van der Waals surface area contributed by atoms with E-state index in [1.807, 2.05) is 48.5 Å². The third-order valence-electron chi connectivity index (χ3n) is 3.74. The molecule has 0 aliphatic heterocycles. The highest BCUT2D eigenvalue weighted by Gasteiger charge is 2.19. The van der Waals surface area contributed by atoms with Crippen LogP contribution < -0.4 is 0 Å². The molecule has 0 unspecified atom stereocenters. The molecule has 0 spiro atoms. The van der Waals surface area contributed by atoms with E-state index < -0.39 is 0 Å². The van der Waals surface area contributed by atoms with Crippen LogP contribution in [-0.4, -0.2) is 15.5 Å². The minimum absolute atomic E-state index is 0.219. The van der Waals surface area contributed by atoms with E-state index >= 15 is 0 Å². The largest absolute Gasteiger partial charge is 0.283 e. The summed E-state index contributed by atoms with van der Waals surface area (Å²) in [6.45, 7) is 0. The maximum absolute atomic E-state index is 13.0. The molecule has 2 aromatic heterocycles. The second-order valence-corrected chi connectivity index (χ2v) is 5.42. The summed E-state index contributed by atoms with van der Waals surface area (Å²) < 4.78 is 1.68. The molecule has 0 aliphatic carbocycles. The van der Waals surface area contributed by atoms with Gasteiger partial charge in [-0.1, -0.05) is 48.0 Å². The molecule has 22 heavy (non-hydrogen) atoms. The third-order valence-corrected chi connectivity index (χ3v) is 4.05. The summed E-state index contributed by atoms with van der Waals surface area (Å²) in [5.74, 6) is -0.219. The first-order valence-electron chi connectivity index (χ1n) is 6.91. The van der Waals surface area contributed by atoms with Gasteiger partial charge in [0.2, 0.25) is 0 Å². The summed E-state index contributed by atoms with van der Waals surface area (Å²) in [6, 6.07) is 19.1. The molecule has 3 nitrogen and oxygen atoms in total. The molecule has 0 N–H and O–H groups in total. The van der Waals surface area contributed by atoms with Crippen LogP contribution in [0.15, 0.2) is 66.9 Å². The predicted molar refractivity (Wildman–Crippen MR) is 88.4 cm³/mol. The standard InChI is InChI=1S/C18H11ClN2O/c19-14-8-5-11-20-17(14)18(22)21-15-9-3-1-6-12(15)13-7-2-4-10-16(13)21/h1-11H. The van der Waals surface area contributed by atoms with Crippen molar-refractivity contribution in [1.29, 1.82) is 0 Å². The maximum Gasteiger partial charge on any atom is 0.283 e. The lowest BCUT2D eigenvalue weighted by atomic mass is 10.2. The number of halogens is 1. The Hall–Kier alpha value is -2.65. The van der Waals surface area contributed by atoms with E-state index in [1.54, 1.807) is 22.9 Å². The van der Waals surface area contributed by atoms with Gasteiger partial charge < -0.3 is 0 Å². The van der Waals surface area contributed by atoms with Crippen LogP contribution in [0.3, 0.4) is 0 Å². The topological polar surface area (TPSA) is 34.9 Å². The molecule has 4 heteroatoms. The average Bonchev–Trinajstić information content (AvgIpc) is 2.89. The number of aromatic nitrogens is 2. The number of nitrogens with zero attached hydrogens (tertiary/aromatic N) is 2. The summed E-state index contributed by atoms with van der Waals surface area (Å²) in [5, 5.41) is 2.44. The molecule has 4 rings (SSSR count). The summed E-state index contributed by atoms with van der Waals surface area (Å²) in [6.07, 6.45) is 1.58. The van der Waals surface area contributed by atoms with E-state index in [9.17, 15) is 4.79 Å². The van der Waals surface area contributed by atoms with Crippen LogP contribution in [0.25, 0.3) is 21.8 Å². The second-order valence-electron chi connectivity index (χ2n) is 5.01. The number of pyridine rings is 1. The quantitative estimate of drug-likeness (QED) is 0.518. The molecule has 4 aromatic rings. The molecular weight excluding hydrogens is 296 g/mol. The van der Waals surface area contributed by atoms with Crippen molar-refractivity contribution in [2.24, 2.45) is 0 Å². The minimum Gasteiger partial charge on any atom is -0.274 e. The molecule has 0 radical (unpaired) electrons. The zero-order valence-electron chi connectivity index (χ0n) is 11.5. The van der Waals surface area contributed by atoms with Crippen LogP contribution in [0.4, 0.5) is 0 Å². The Morgan fingerprint density at radius 1 is 0.864 bits per heavy atom. The van der Waals surface area contributed by atoms with Crippen molar-refractivity contribution in [3.8, 4) is 0 Å². The minimum atomic E-state index is -0.219. The van der Waals surface area contributed by atoms with E-state index in [4.69, 9.17) is 11.6 Å². The van der Waals surface area contributed by atoms with Crippen LogP contribution in [0.1, 0.15) is 10.5 Å². The normalized spacial score (nSPS) is 11.1. The van der Waals surface area contributed by atoms with Crippen LogP contribution in [0.2, 0.25) is 5.02 Å². The summed E-state index contributed by atoms with van der Waals surface area (Å²) in [7, 11) is 0. The molecule has 2 heterocycles. The Morgan fingerprint density at radius 2 is 1.45 bits per heavy atom. The highest BCUT2D eigenvalue weighted by atomic mass is 35.5. The van der Waals surface area contributed by atoms with Crippen molar-refractivity contribution < 1.29 is 4.79 Å².